The van der Waals surface area contributed by atoms with Crippen LogP contribution in [0, 0.1) is 0 Å². The highest BCUT2D eigenvalue weighted by Gasteiger charge is 2.27. The molecular weight excluding hydrogens is 300 g/mol. The second kappa shape index (κ2) is 6.40. The van der Waals surface area contributed by atoms with Crippen molar-refractivity contribution in [3.8, 4) is 0 Å². The van der Waals surface area contributed by atoms with E-state index in [0.29, 0.717) is 0 Å². The first-order valence-electron chi connectivity index (χ1n) is 8.82. The summed E-state index contributed by atoms with van der Waals surface area (Å²) in [7, 11) is 0. The molecule has 2 aliphatic rings. The fourth-order valence-corrected chi connectivity index (χ4v) is 3.82. The zero-order valence-electron chi connectivity index (χ0n) is 14.1. The van der Waals surface area contributed by atoms with Crippen molar-refractivity contribution in [1.82, 2.24) is 19.8 Å². The third-order valence-corrected chi connectivity index (χ3v) is 5.37. The number of benzene rings is 1. The van der Waals surface area contributed by atoms with E-state index in [1.54, 1.807) is 0 Å². The molecule has 1 aromatic carbocycles. The summed E-state index contributed by atoms with van der Waals surface area (Å²) >= 11 is 0. The summed E-state index contributed by atoms with van der Waals surface area (Å²) in [6.45, 7) is 4.66. The number of imidazole rings is 1. The molecule has 0 spiro atoms. The molecule has 2 aliphatic heterocycles. The third kappa shape index (κ3) is 2.96. The van der Waals surface area contributed by atoms with E-state index < -0.39 is 0 Å². The minimum atomic E-state index is -0.0949. The Labute approximate surface area is 142 Å². The number of nitrogens with one attached hydrogen (secondary N) is 1. The largest absolute Gasteiger partial charge is 0.350 e. The maximum absolute atomic E-state index is 12.7. The Bertz CT molecular complexity index is 738. The molecule has 0 saturated carbocycles. The Morgan fingerprint density at radius 3 is 3.00 bits per heavy atom. The van der Waals surface area contributed by atoms with E-state index in [1.165, 1.54) is 11.1 Å². The SMILES string of the molecule is C[C@@H](C(=O)N[C@@H]1CCc2nccn2C1)N1CCc2ccccc2C1. The molecule has 0 bridgehead atoms. The quantitative estimate of drug-likeness (QED) is 0.936. The molecule has 1 aromatic heterocycles. The van der Waals surface area contributed by atoms with Crippen molar-refractivity contribution in [3.05, 3.63) is 53.6 Å². The number of amides is 1. The standard InChI is InChI=1S/C19H24N4O/c1-14(22-10-8-15-4-2-3-5-16(15)12-22)19(24)21-17-6-7-18-20-9-11-23(18)13-17/h2-5,9,11,14,17H,6-8,10,12-13H2,1H3,(H,21,24)/t14-,17+/m0/s1. The number of carbonyl (C=O) groups is 1. The van der Waals surface area contributed by atoms with E-state index in [1.807, 2.05) is 19.3 Å². The maximum atomic E-state index is 12.7. The number of fused-ring (bicyclic) bond motifs is 2. The molecule has 0 aliphatic carbocycles. The summed E-state index contributed by atoms with van der Waals surface area (Å²) in [6, 6.07) is 8.66. The molecule has 2 atom stereocenters. The highest BCUT2D eigenvalue weighted by molar-refractivity contribution is 5.81. The fraction of sp³-hybridized carbons (Fsp3) is 0.474. The fourth-order valence-electron chi connectivity index (χ4n) is 3.82. The van der Waals surface area contributed by atoms with Crippen LogP contribution in [0.3, 0.4) is 0 Å². The van der Waals surface area contributed by atoms with Crippen LogP contribution in [0.2, 0.25) is 0 Å². The van der Waals surface area contributed by atoms with Gasteiger partial charge in [-0.2, -0.15) is 0 Å². The second-order valence-corrected chi connectivity index (χ2v) is 6.91. The second-order valence-electron chi connectivity index (χ2n) is 6.91. The van der Waals surface area contributed by atoms with Gasteiger partial charge in [0.05, 0.1) is 6.04 Å². The summed E-state index contributed by atoms with van der Waals surface area (Å²) < 4.78 is 2.15. The van der Waals surface area contributed by atoms with Gasteiger partial charge in [0.25, 0.3) is 0 Å². The minimum Gasteiger partial charge on any atom is -0.350 e. The van der Waals surface area contributed by atoms with Gasteiger partial charge in [-0.25, -0.2) is 4.98 Å². The number of rotatable bonds is 3. The summed E-state index contributed by atoms with van der Waals surface area (Å²) in [5.74, 6) is 1.27. The lowest BCUT2D eigenvalue weighted by atomic mass is 9.98. The molecule has 1 amide bonds. The average Bonchev–Trinajstić information content (AvgIpc) is 3.08. The normalized spacial score (nSPS) is 21.6. The van der Waals surface area contributed by atoms with Crippen molar-refractivity contribution >= 4 is 5.91 Å². The average molecular weight is 324 g/mol. The van der Waals surface area contributed by atoms with E-state index in [2.05, 4.69) is 44.0 Å². The van der Waals surface area contributed by atoms with Gasteiger partial charge in [-0.05, 0) is 30.9 Å². The Kier molecular flexibility index (Phi) is 4.10. The van der Waals surface area contributed by atoms with E-state index >= 15 is 0 Å². The molecule has 5 nitrogen and oxygen atoms in total. The van der Waals surface area contributed by atoms with Gasteiger partial charge >= 0.3 is 0 Å². The zero-order valence-corrected chi connectivity index (χ0v) is 14.1. The van der Waals surface area contributed by atoms with E-state index in [0.717, 1.165) is 44.7 Å². The topological polar surface area (TPSA) is 50.2 Å². The summed E-state index contributed by atoms with van der Waals surface area (Å²) in [6.07, 6.45) is 6.77. The van der Waals surface area contributed by atoms with E-state index in [4.69, 9.17) is 0 Å². The van der Waals surface area contributed by atoms with Gasteiger partial charge in [0.15, 0.2) is 0 Å². The number of aryl methyl sites for hydroxylation is 1. The summed E-state index contributed by atoms with van der Waals surface area (Å²) in [4.78, 5) is 19.3. The van der Waals surface area contributed by atoms with Gasteiger partial charge in [0.1, 0.15) is 5.82 Å². The van der Waals surface area contributed by atoms with E-state index in [-0.39, 0.29) is 18.0 Å². The molecule has 1 N–H and O–H groups in total. The Morgan fingerprint density at radius 1 is 1.29 bits per heavy atom. The van der Waals surface area contributed by atoms with Crippen LogP contribution in [0.4, 0.5) is 0 Å². The van der Waals surface area contributed by atoms with Crippen LogP contribution in [0.5, 0.6) is 0 Å². The smallest absolute Gasteiger partial charge is 0.237 e. The molecule has 0 fully saturated rings. The van der Waals surface area contributed by atoms with Crippen LogP contribution in [0.1, 0.15) is 30.3 Å². The van der Waals surface area contributed by atoms with Gasteiger partial charge in [0, 0.05) is 44.5 Å². The van der Waals surface area contributed by atoms with Crippen LogP contribution in [0.25, 0.3) is 0 Å². The van der Waals surface area contributed by atoms with Crippen LogP contribution in [-0.2, 0) is 30.7 Å². The number of hydrogen-bond acceptors (Lipinski definition) is 3. The van der Waals surface area contributed by atoms with Crippen molar-refractivity contribution in [1.29, 1.82) is 0 Å². The zero-order chi connectivity index (χ0) is 16.5. The number of hydrogen-bond donors (Lipinski definition) is 1. The first-order valence-corrected chi connectivity index (χ1v) is 8.82. The molecule has 126 valence electrons. The highest BCUT2D eigenvalue weighted by atomic mass is 16.2. The number of nitrogens with zero attached hydrogens (tertiary/aromatic N) is 3. The molecule has 5 heteroatoms. The Hall–Kier alpha value is -2.14. The lowest BCUT2D eigenvalue weighted by Crippen LogP contribution is -2.51. The summed E-state index contributed by atoms with van der Waals surface area (Å²) in [5, 5.41) is 3.24. The monoisotopic (exact) mass is 324 g/mol. The molecule has 24 heavy (non-hydrogen) atoms. The van der Waals surface area contributed by atoms with Gasteiger partial charge in [0.2, 0.25) is 5.91 Å². The van der Waals surface area contributed by atoms with Gasteiger partial charge in [-0.15, -0.1) is 0 Å². The van der Waals surface area contributed by atoms with Gasteiger partial charge < -0.3 is 9.88 Å². The van der Waals surface area contributed by atoms with Crippen LogP contribution in [0.15, 0.2) is 36.7 Å². The van der Waals surface area contributed by atoms with Crippen molar-refractivity contribution < 1.29 is 4.79 Å². The van der Waals surface area contributed by atoms with Crippen molar-refractivity contribution in [3.63, 3.8) is 0 Å². The number of carbonyl (C=O) groups excluding carboxylic acids is 1. The van der Waals surface area contributed by atoms with Crippen molar-refractivity contribution in [2.24, 2.45) is 0 Å². The van der Waals surface area contributed by atoms with E-state index in [9.17, 15) is 4.79 Å². The predicted octanol–water partition coefficient (Wildman–Crippen LogP) is 1.76. The van der Waals surface area contributed by atoms with Crippen molar-refractivity contribution in [2.75, 3.05) is 6.54 Å². The molecular formula is C19H24N4O. The maximum Gasteiger partial charge on any atom is 0.237 e. The summed E-state index contributed by atoms with van der Waals surface area (Å²) in [5.41, 5.74) is 2.77. The van der Waals surface area contributed by atoms with Gasteiger partial charge in [-0.3, -0.25) is 9.69 Å². The van der Waals surface area contributed by atoms with Crippen LogP contribution in [-0.4, -0.2) is 39.0 Å². The Morgan fingerprint density at radius 2 is 2.12 bits per heavy atom. The molecule has 0 unspecified atom stereocenters. The molecule has 4 rings (SSSR count). The predicted molar refractivity (Wildman–Crippen MR) is 92.5 cm³/mol. The third-order valence-electron chi connectivity index (χ3n) is 5.37. The van der Waals surface area contributed by atoms with Gasteiger partial charge in [-0.1, -0.05) is 24.3 Å². The first-order chi connectivity index (χ1) is 11.7. The minimum absolute atomic E-state index is 0.0949. The van der Waals surface area contributed by atoms with Crippen molar-refractivity contribution in [2.45, 2.75) is 51.4 Å². The van der Waals surface area contributed by atoms with Crippen LogP contribution >= 0.6 is 0 Å². The first kappa shape index (κ1) is 15.4. The van der Waals surface area contributed by atoms with Crippen LogP contribution < -0.4 is 5.32 Å². The lowest BCUT2D eigenvalue weighted by molar-refractivity contribution is -0.127. The molecule has 2 aromatic rings. The molecule has 3 heterocycles. The molecule has 0 saturated heterocycles. The highest BCUT2D eigenvalue weighted by Crippen LogP contribution is 2.20. The molecule has 0 radical (unpaired) electrons. The number of aromatic nitrogens is 2. The Balaban J connectivity index is 1.37. The lowest BCUT2D eigenvalue weighted by Gasteiger charge is -2.34.